The number of rotatable bonds is 6. The summed E-state index contributed by atoms with van der Waals surface area (Å²) in [5, 5.41) is 2.46. The van der Waals surface area contributed by atoms with Gasteiger partial charge >= 0.3 is 5.76 Å². The Hall–Kier alpha value is -2.97. The van der Waals surface area contributed by atoms with Gasteiger partial charge in [-0.05, 0) is 0 Å². The second-order valence-electron chi connectivity index (χ2n) is 4.07. The number of hydrogen-bond acceptors (Lipinski definition) is 7. The maximum absolute atomic E-state index is 11.2. The topological polar surface area (TPSA) is 106 Å². The predicted molar refractivity (Wildman–Crippen MR) is 76.2 cm³/mol. The van der Waals surface area contributed by atoms with Gasteiger partial charge in [-0.3, -0.25) is 10.1 Å². The summed E-state index contributed by atoms with van der Waals surface area (Å²) >= 11 is 0. The van der Waals surface area contributed by atoms with Crippen LogP contribution in [0.2, 0.25) is 0 Å². The molecule has 0 aliphatic rings. The fraction of sp³-hybridized carbons (Fsp3) is 0.250. The number of nitrogens with one attached hydrogen (secondary N) is 1. The number of aromatic nitrogens is 4. The number of carbonyl (C=O) groups is 1. The molecule has 0 spiro atoms. The van der Waals surface area contributed by atoms with Gasteiger partial charge in [-0.25, -0.2) is 4.79 Å². The number of anilines is 2. The lowest BCUT2D eigenvalue weighted by Gasteiger charge is -2.19. The molecule has 9 heteroatoms. The second kappa shape index (κ2) is 5.99. The molecule has 21 heavy (non-hydrogen) atoms. The average molecular weight is 290 g/mol. The molecule has 0 fully saturated rings. The minimum atomic E-state index is -0.827. The van der Waals surface area contributed by atoms with Crippen molar-refractivity contribution >= 4 is 23.6 Å². The Labute approximate surface area is 119 Å². The first-order valence-corrected chi connectivity index (χ1v) is 6.07. The van der Waals surface area contributed by atoms with Crippen LogP contribution < -0.4 is 16.0 Å². The Morgan fingerprint density at radius 2 is 2.00 bits per heavy atom. The molecule has 9 nitrogen and oxygen atoms in total. The highest BCUT2D eigenvalue weighted by atomic mass is 16.5. The van der Waals surface area contributed by atoms with Crippen LogP contribution in [0.5, 0.6) is 0 Å². The summed E-state index contributed by atoms with van der Waals surface area (Å²) < 4.78 is 5.77. The van der Waals surface area contributed by atoms with E-state index in [1.54, 1.807) is 17.1 Å². The van der Waals surface area contributed by atoms with E-state index in [9.17, 15) is 9.59 Å². The summed E-state index contributed by atoms with van der Waals surface area (Å²) in [6.07, 6.45) is 3.34. The van der Waals surface area contributed by atoms with Gasteiger partial charge < -0.3 is 9.42 Å². The summed E-state index contributed by atoms with van der Waals surface area (Å²) in [5.74, 6) is -0.891. The SMILES string of the molecule is C=CCN(CC=C)c1nc(NC(C)=O)n2oc(=O)nc2n1. The summed E-state index contributed by atoms with van der Waals surface area (Å²) in [6.45, 7) is 9.55. The maximum Gasteiger partial charge on any atom is 0.462 e. The van der Waals surface area contributed by atoms with Crippen LogP contribution in [0, 0.1) is 0 Å². The molecule has 110 valence electrons. The summed E-state index contributed by atoms with van der Waals surface area (Å²) in [5.41, 5.74) is 0. The largest absolute Gasteiger partial charge is 0.462 e. The first-order chi connectivity index (χ1) is 10.0. The lowest BCUT2D eigenvalue weighted by molar-refractivity contribution is -0.114. The Kier molecular flexibility index (Phi) is 4.12. The zero-order chi connectivity index (χ0) is 15.4. The molecule has 2 heterocycles. The zero-order valence-corrected chi connectivity index (χ0v) is 11.4. The molecular weight excluding hydrogens is 276 g/mol. The number of fused-ring (bicyclic) bond motifs is 1. The Bertz CT molecular complexity index is 737. The van der Waals surface area contributed by atoms with E-state index in [0.717, 1.165) is 4.57 Å². The summed E-state index contributed by atoms with van der Waals surface area (Å²) in [4.78, 5) is 36.1. The van der Waals surface area contributed by atoms with E-state index >= 15 is 0 Å². The Morgan fingerprint density at radius 3 is 2.57 bits per heavy atom. The van der Waals surface area contributed by atoms with Crippen LogP contribution in [0.4, 0.5) is 11.9 Å². The van der Waals surface area contributed by atoms with Crippen molar-refractivity contribution in [1.82, 2.24) is 19.5 Å². The standard InChI is InChI=1S/C12H14N6O3/c1-4-6-17(7-5-2)9-14-10(13-8(3)19)18-11(15-9)16-12(20)21-18/h4-5H,1-2,6-7H2,3H3,(H,13,14,15,16,19,20). The van der Waals surface area contributed by atoms with Crippen molar-refractivity contribution in [2.24, 2.45) is 0 Å². The van der Waals surface area contributed by atoms with E-state index in [1.165, 1.54) is 6.92 Å². The van der Waals surface area contributed by atoms with Gasteiger partial charge in [0.15, 0.2) is 0 Å². The normalized spacial score (nSPS) is 10.3. The fourth-order valence-corrected chi connectivity index (χ4v) is 1.66. The minimum absolute atomic E-state index is 0.00637. The highest BCUT2D eigenvalue weighted by Crippen LogP contribution is 2.13. The Morgan fingerprint density at radius 1 is 1.33 bits per heavy atom. The van der Waals surface area contributed by atoms with Gasteiger partial charge in [-0.2, -0.15) is 9.97 Å². The van der Waals surface area contributed by atoms with E-state index in [0.29, 0.717) is 13.1 Å². The minimum Gasteiger partial charge on any atom is -0.333 e. The third-order valence-corrected chi connectivity index (χ3v) is 2.41. The van der Waals surface area contributed by atoms with E-state index in [1.807, 2.05) is 0 Å². The van der Waals surface area contributed by atoms with E-state index in [4.69, 9.17) is 4.52 Å². The zero-order valence-electron chi connectivity index (χ0n) is 11.4. The van der Waals surface area contributed by atoms with Crippen molar-refractivity contribution in [3.63, 3.8) is 0 Å². The van der Waals surface area contributed by atoms with Gasteiger partial charge in [0, 0.05) is 20.0 Å². The molecular formula is C12H14N6O3. The molecule has 1 amide bonds. The molecule has 2 rings (SSSR count). The quantitative estimate of drug-likeness (QED) is 0.758. The van der Waals surface area contributed by atoms with Gasteiger partial charge in [-0.15, -0.1) is 18.1 Å². The molecule has 0 aliphatic carbocycles. The number of amides is 1. The molecule has 2 aromatic heterocycles. The molecule has 0 bridgehead atoms. The van der Waals surface area contributed by atoms with E-state index in [2.05, 4.69) is 33.4 Å². The molecule has 0 aliphatic heterocycles. The molecule has 0 saturated carbocycles. The van der Waals surface area contributed by atoms with Crippen LogP contribution in [0.15, 0.2) is 34.6 Å². The molecule has 0 atom stereocenters. The lowest BCUT2D eigenvalue weighted by atomic mass is 10.4. The molecule has 2 aromatic rings. The molecule has 0 saturated heterocycles. The molecule has 1 N–H and O–H groups in total. The van der Waals surface area contributed by atoms with Crippen molar-refractivity contribution in [3.8, 4) is 0 Å². The molecule has 0 aromatic carbocycles. The first kappa shape index (κ1) is 14.4. The van der Waals surface area contributed by atoms with Gasteiger partial charge in [0.2, 0.25) is 11.9 Å². The smallest absolute Gasteiger partial charge is 0.333 e. The third kappa shape index (κ3) is 3.14. The fourth-order valence-electron chi connectivity index (χ4n) is 1.66. The van der Waals surface area contributed by atoms with Crippen molar-refractivity contribution < 1.29 is 9.32 Å². The second-order valence-corrected chi connectivity index (χ2v) is 4.07. The van der Waals surface area contributed by atoms with Crippen molar-refractivity contribution in [2.45, 2.75) is 6.92 Å². The van der Waals surface area contributed by atoms with Crippen LogP contribution in [0.1, 0.15) is 6.92 Å². The third-order valence-electron chi connectivity index (χ3n) is 2.41. The van der Waals surface area contributed by atoms with Crippen LogP contribution >= 0.6 is 0 Å². The number of hydrogen-bond donors (Lipinski definition) is 1. The Balaban J connectivity index is 2.57. The van der Waals surface area contributed by atoms with Crippen LogP contribution in [-0.4, -0.2) is 38.5 Å². The highest BCUT2D eigenvalue weighted by Gasteiger charge is 2.16. The molecule has 0 radical (unpaired) electrons. The predicted octanol–water partition coefficient (Wildman–Crippen LogP) is 0.214. The van der Waals surface area contributed by atoms with Crippen molar-refractivity contribution in [3.05, 3.63) is 35.9 Å². The molecule has 0 unspecified atom stereocenters. The number of carbonyl (C=O) groups excluding carboxylic acids is 1. The van der Waals surface area contributed by atoms with E-state index in [-0.39, 0.29) is 23.6 Å². The van der Waals surface area contributed by atoms with Crippen molar-refractivity contribution in [1.29, 1.82) is 0 Å². The first-order valence-electron chi connectivity index (χ1n) is 6.07. The van der Waals surface area contributed by atoms with Gasteiger partial charge in [0.05, 0.1) is 0 Å². The van der Waals surface area contributed by atoms with Crippen LogP contribution in [0.25, 0.3) is 5.78 Å². The lowest BCUT2D eigenvalue weighted by Crippen LogP contribution is -2.26. The van der Waals surface area contributed by atoms with Crippen LogP contribution in [-0.2, 0) is 4.79 Å². The maximum atomic E-state index is 11.2. The highest BCUT2D eigenvalue weighted by molar-refractivity contribution is 5.87. The van der Waals surface area contributed by atoms with E-state index < -0.39 is 5.76 Å². The number of nitrogens with zero attached hydrogens (tertiary/aromatic N) is 5. The van der Waals surface area contributed by atoms with Crippen LogP contribution in [0.3, 0.4) is 0 Å². The summed E-state index contributed by atoms with van der Waals surface area (Å²) in [7, 11) is 0. The monoisotopic (exact) mass is 290 g/mol. The average Bonchev–Trinajstić information content (AvgIpc) is 2.78. The summed E-state index contributed by atoms with van der Waals surface area (Å²) in [6, 6.07) is 0. The van der Waals surface area contributed by atoms with Gasteiger partial charge in [0.25, 0.3) is 11.7 Å². The van der Waals surface area contributed by atoms with Crippen molar-refractivity contribution in [2.75, 3.05) is 23.3 Å². The van der Waals surface area contributed by atoms with Gasteiger partial charge in [-0.1, -0.05) is 16.7 Å². The van der Waals surface area contributed by atoms with Gasteiger partial charge in [0.1, 0.15) is 0 Å².